The van der Waals surface area contributed by atoms with E-state index in [1.807, 2.05) is 25.1 Å². The molecule has 1 aromatic carbocycles. The number of aryl methyl sites for hydroxylation is 1. The number of para-hydroxylation sites is 1. The maximum Gasteiger partial charge on any atom is 0.243 e. The average molecular weight is 286 g/mol. The summed E-state index contributed by atoms with van der Waals surface area (Å²) in [4.78, 5) is 13.5. The largest absolute Gasteiger partial charge is 0.389 e. The minimum atomic E-state index is -0.663. The van der Waals surface area contributed by atoms with Crippen LogP contribution < -0.4 is 4.90 Å². The van der Waals surface area contributed by atoms with Crippen LogP contribution in [0.15, 0.2) is 18.2 Å². The number of carbonyl (C=O) groups is 1. The van der Waals surface area contributed by atoms with Gasteiger partial charge < -0.3 is 9.84 Å². The molecule has 0 aliphatic heterocycles. The highest BCUT2D eigenvalue weighted by molar-refractivity contribution is 6.29. The fourth-order valence-electron chi connectivity index (χ4n) is 2.03. The Morgan fingerprint density at radius 3 is 2.68 bits per heavy atom. The van der Waals surface area contributed by atoms with Crippen molar-refractivity contribution in [1.29, 1.82) is 0 Å². The van der Waals surface area contributed by atoms with Gasteiger partial charge in [-0.1, -0.05) is 25.1 Å². The molecule has 1 aromatic rings. The molecule has 0 aliphatic carbocycles. The molecule has 0 fully saturated rings. The molecule has 1 amide bonds. The third kappa shape index (κ3) is 3.69. The molecule has 0 heterocycles. The van der Waals surface area contributed by atoms with E-state index < -0.39 is 6.10 Å². The summed E-state index contributed by atoms with van der Waals surface area (Å²) in [6, 6.07) is 5.62. The van der Waals surface area contributed by atoms with Crippen molar-refractivity contribution in [3.63, 3.8) is 0 Å². The van der Waals surface area contributed by atoms with Crippen molar-refractivity contribution in [2.75, 3.05) is 24.6 Å². The number of anilines is 1. The molecule has 19 heavy (non-hydrogen) atoms. The van der Waals surface area contributed by atoms with E-state index in [2.05, 4.69) is 0 Å². The Balaban J connectivity index is 3.37. The van der Waals surface area contributed by atoms with E-state index in [1.54, 1.807) is 6.92 Å². The van der Waals surface area contributed by atoms with Gasteiger partial charge in [0, 0.05) is 12.7 Å². The Morgan fingerprint density at radius 2 is 2.21 bits per heavy atom. The first-order valence-electron chi connectivity index (χ1n) is 6.21. The molecule has 1 atom stereocenters. The van der Waals surface area contributed by atoms with Crippen molar-refractivity contribution in [2.24, 2.45) is 0 Å². The smallest absolute Gasteiger partial charge is 0.243 e. The fraction of sp³-hybridized carbons (Fsp3) is 0.500. The molecule has 0 saturated heterocycles. The maximum atomic E-state index is 12.0. The third-order valence-electron chi connectivity index (χ3n) is 2.93. The van der Waals surface area contributed by atoms with Gasteiger partial charge in [-0.25, -0.2) is 0 Å². The van der Waals surface area contributed by atoms with Crippen LogP contribution >= 0.6 is 11.6 Å². The van der Waals surface area contributed by atoms with Crippen LogP contribution in [-0.4, -0.2) is 30.7 Å². The highest BCUT2D eigenvalue weighted by Gasteiger charge is 2.22. The fourth-order valence-corrected chi connectivity index (χ4v) is 2.17. The number of hydrogen-bond acceptors (Lipinski definition) is 3. The van der Waals surface area contributed by atoms with E-state index >= 15 is 0 Å². The van der Waals surface area contributed by atoms with Crippen LogP contribution in [0.2, 0.25) is 0 Å². The number of rotatable bonds is 6. The van der Waals surface area contributed by atoms with Crippen LogP contribution in [0.1, 0.15) is 31.1 Å². The van der Waals surface area contributed by atoms with Gasteiger partial charge >= 0.3 is 0 Å². The first-order valence-corrected chi connectivity index (χ1v) is 6.75. The molecule has 0 radical (unpaired) electrons. The molecule has 0 spiro atoms. The molecule has 0 aliphatic rings. The summed E-state index contributed by atoms with van der Waals surface area (Å²) in [5, 5.41) is 9.88. The minimum absolute atomic E-state index is 0.113. The second-order valence-electron chi connectivity index (χ2n) is 4.26. The van der Waals surface area contributed by atoms with Gasteiger partial charge in [0.2, 0.25) is 5.91 Å². The summed E-state index contributed by atoms with van der Waals surface area (Å²) in [7, 11) is 1.52. The highest BCUT2D eigenvalue weighted by Crippen LogP contribution is 2.31. The standard InChI is InChI=1S/C14H20ClNO3/c1-4-11-6-5-7-12(10(2)17)14(11)16(9-19-3)13(18)8-15/h5-7,10,17H,4,8-9H2,1-3H3. The van der Waals surface area contributed by atoms with Crippen molar-refractivity contribution >= 4 is 23.2 Å². The SMILES string of the molecule is CCc1cccc(C(C)O)c1N(COC)C(=O)CCl. The Morgan fingerprint density at radius 1 is 1.53 bits per heavy atom. The van der Waals surface area contributed by atoms with E-state index in [4.69, 9.17) is 16.3 Å². The van der Waals surface area contributed by atoms with Crippen molar-refractivity contribution in [1.82, 2.24) is 0 Å². The summed E-state index contributed by atoms with van der Waals surface area (Å²) in [5.74, 6) is -0.368. The monoisotopic (exact) mass is 285 g/mol. The van der Waals surface area contributed by atoms with Gasteiger partial charge in [0.15, 0.2) is 0 Å². The van der Waals surface area contributed by atoms with Gasteiger partial charge in [-0.2, -0.15) is 0 Å². The summed E-state index contributed by atoms with van der Waals surface area (Å²) in [6.07, 6.45) is 0.0926. The van der Waals surface area contributed by atoms with Gasteiger partial charge in [-0.05, 0) is 18.9 Å². The van der Waals surface area contributed by atoms with Gasteiger partial charge in [-0.15, -0.1) is 11.6 Å². The van der Waals surface area contributed by atoms with E-state index in [9.17, 15) is 9.90 Å². The van der Waals surface area contributed by atoms with Crippen LogP contribution in [0.5, 0.6) is 0 Å². The van der Waals surface area contributed by atoms with E-state index in [1.165, 1.54) is 12.0 Å². The molecule has 0 bridgehead atoms. The summed E-state index contributed by atoms with van der Waals surface area (Å²) < 4.78 is 5.08. The second-order valence-corrected chi connectivity index (χ2v) is 4.52. The van der Waals surface area contributed by atoms with Gasteiger partial charge in [0.05, 0.1) is 11.8 Å². The van der Waals surface area contributed by atoms with Crippen molar-refractivity contribution in [3.05, 3.63) is 29.3 Å². The number of aliphatic hydroxyl groups is 1. The Kier molecular flexibility index (Phi) is 6.28. The zero-order valence-electron chi connectivity index (χ0n) is 11.5. The predicted octanol–water partition coefficient (Wildman–Crippen LogP) is 2.48. The van der Waals surface area contributed by atoms with Crippen molar-refractivity contribution < 1.29 is 14.6 Å². The Hall–Kier alpha value is -1.10. The van der Waals surface area contributed by atoms with E-state index in [0.29, 0.717) is 11.3 Å². The van der Waals surface area contributed by atoms with Crippen LogP contribution in [0, 0.1) is 0 Å². The lowest BCUT2D eigenvalue weighted by Gasteiger charge is -2.27. The quantitative estimate of drug-likeness (QED) is 0.645. The van der Waals surface area contributed by atoms with Crippen LogP contribution in [0.25, 0.3) is 0 Å². The average Bonchev–Trinajstić information content (AvgIpc) is 2.43. The Labute approximate surface area is 118 Å². The van der Waals surface area contributed by atoms with Crippen LogP contribution in [-0.2, 0) is 16.0 Å². The summed E-state index contributed by atoms with van der Waals surface area (Å²) in [5.41, 5.74) is 2.39. The van der Waals surface area contributed by atoms with Crippen molar-refractivity contribution in [3.8, 4) is 0 Å². The highest BCUT2D eigenvalue weighted by atomic mass is 35.5. The number of carbonyl (C=O) groups excluding carboxylic acids is 1. The molecule has 1 unspecified atom stereocenters. The van der Waals surface area contributed by atoms with Crippen LogP contribution in [0.4, 0.5) is 5.69 Å². The minimum Gasteiger partial charge on any atom is -0.389 e. The molecule has 106 valence electrons. The van der Waals surface area contributed by atoms with Crippen molar-refractivity contribution in [2.45, 2.75) is 26.4 Å². The zero-order valence-corrected chi connectivity index (χ0v) is 12.3. The van der Waals surface area contributed by atoms with E-state index in [0.717, 1.165) is 12.0 Å². The number of aliphatic hydroxyl groups excluding tert-OH is 1. The second kappa shape index (κ2) is 7.48. The number of nitrogens with zero attached hydrogens (tertiary/aromatic N) is 1. The lowest BCUT2D eigenvalue weighted by molar-refractivity contribution is -0.117. The maximum absolute atomic E-state index is 12.0. The number of alkyl halides is 1. The van der Waals surface area contributed by atoms with Gasteiger partial charge in [0.25, 0.3) is 0 Å². The first-order chi connectivity index (χ1) is 9.06. The number of methoxy groups -OCH3 is 1. The lowest BCUT2D eigenvalue weighted by atomic mass is 10.0. The molecule has 1 N–H and O–H groups in total. The third-order valence-corrected chi connectivity index (χ3v) is 3.15. The molecule has 5 heteroatoms. The zero-order chi connectivity index (χ0) is 14.4. The Bertz CT molecular complexity index is 435. The molecule has 0 saturated carbocycles. The summed E-state index contributed by atoms with van der Waals surface area (Å²) in [6.45, 7) is 3.79. The summed E-state index contributed by atoms with van der Waals surface area (Å²) >= 11 is 5.65. The van der Waals surface area contributed by atoms with Gasteiger partial charge in [-0.3, -0.25) is 9.69 Å². The number of benzene rings is 1. The normalized spacial score (nSPS) is 12.3. The first kappa shape index (κ1) is 16.0. The lowest BCUT2D eigenvalue weighted by Crippen LogP contribution is -2.35. The predicted molar refractivity (Wildman–Crippen MR) is 76.5 cm³/mol. The molecule has 0 aromatic heterocycles. The van der Waals surface area contributed by atoms with E-state index in [-0.39, 0.29) is 18.5 Å². The molecule has 1 rings (SSSR count). The molecule has 4 nitrogen and oxygen atoms in total. The van der Waals surface area contributed by atoms with Gasteiger partial charge in [0.1, 0.15) is 12.6 Å². The molecular weight excluding hydrogens is 266 g/mol. The number of amides is 1. The molecular formula is C14H20ClNO3. The topological polar surface area (TPSA) is 49.8 Å². The van der Waals surface area contributed by atoms with Crippen LogP contribution in [0.3, 0.4) is 0 Å². The number of halogens is 1. The number of ether oxygens (including phenoxy) is 1. The number of hydrogen-bond donors (Lipinski definition) is 1.